The highest BCUT2D eigenvalue weighted by Gasteiger charge is 2.11. The van der Waals surface area contributed by atoms with Crippen molar-refractivity contribution < 1.29 is 0 Å². The zero-order valence-electron chi connectivity index (χ0n) is 10.2. The normalized spacial score (nSPS) is 18.9. The predicted octanol–water partition coefficient (Wildman–Crippen LogP) is 2.20. The van der Waals surface area contributed by atoms with Crippen LogP contribution < -0.4 is 15.3 Å². The van der Waals surface area contributed by atoms with E-state index in [9.17, 15) is 0 Å². The van der Waals surface area contributed by atoms with Crippen LogP contribution in [0, 0.1) is 0 Å². The van der Waals surface area contributed by atoms with Gasteiger partial charge >= 0.3 is 0 Å². The summed E-state index contributed by atoms with van der Waals surface area (Å²) >= 11 is 0. The Kier molecular flexibility index (Phi) is 3.00. The van der Waals surface area contributed by atoms with Crippen LogP contribution in [-0.4, -0.2) is 13.1 Å². The SMILES string of the molecule is C1=CCC=c2c(N3CCCCC3)cccc2=C1. The number of piperidine rings is 1. The molecule has 1 aromatic rings. The maximum Gasteiger partial charge on any atom is 0.0442 e. The average Bonchev–Trinajstić information content (AvgIpc) is 2.64. The average molecular weight is 225 g/mol. The van der Waals surface area contributed by atoms with E-state index >= 15 is 0 Å². The highest BCUT2D eigenvalue weighted by molar-refractivity contribution is 5.56. The largest absolute Gasteiger partial charge is 0.371 e. The van der Waals surface area contributed by atoms with Crippen LogP contribution in [0.2, 0.25) is 0 Å². The molecular formula is C16H19N. The lowest BCUT2D eigenvalue weighted by molar-refractivity contribution is 0.577. The van der Waals surface area contributed by atoms with Gasteiger partial charge in [0.15, 0.2) is 0 Å². The second-order valence-electron chi connectivity index (χ2n) is 4.86. The van der Waals surface area contributed by atoms with Gasteiger partial charge in [-0.15, -0.1) is 0 Å². The fourth-order valence-electron chi connectivity index (χ4n) is 2.78. The topological polar surface area (TPSA) is 3.24 Å². The first-order valence-electron chi connectivity index (χ1n) is 6.66. The lowest BCUT2D eigenvalue weighted by Gasteiger charge is -2.29. The van der Waals surface area contributed by atoms with Crippen LogP contribution in [0.5, 0.6) is 0 Å². The number of nitrogens with zero attached hydrogens (tertiary/aromatic N) is 1. The van der Waals surface area contributed by atoms with Crippen molar-refractivity contribution in [2.75, 3.05) is 18.0 Å². The Morgan fingerprint density at radius 2 is 1.88 bits per heavy atom. The Morgan fingerprint density at radius 1 is 1.00 bits per heavy atom. The van der Waals surface area contributed by atoms with Crippen LogP contribution in [0.25, 0.3) is 12.2 Å². The maximum atomic E-state index is 2.55. The van der Waals surface area contributed by atoms with Crippen LogP contribution in [0.3, 0.4) is 0 Å². The number of hydrogen-bond donors (Lipinski definition) is 0. The van der Waals surface area contributed by atoms with Crippen molar-refractivity contribution in [3.8, 4) is 0 Å². The zero-order chi connectivity index (χ0) is 11.5. The van der Waals surface area contributed by atoms with E-state index in [1.807, 2.05) is 0 Å². The van der Waals surface area contributed by atoms with Crippen molar-refractivity contribution >= 4 is 17.8 Å². The molecule has 1 aliphatic carbocycles. The molecule has 1 aromatic carbocycles. The molecule has 1 nitrogen and oxygen atoms in total. The monoisotopic (exact) mass is 225 g/mol. The number of benzene rings is 1. The van der Waals surface area contributed by atoms with Gasteiger partial charge in [0.2, 0.25) is 0 Å². The van der Waals surface area contributed by atoms with E-state index in [-0.39, 0.29) is 0 Å². The summed E-state index contributed by atoms with van der Waals surface area (Å²) in [5, 5.41) is 2.79. The van der Waals surface area contributed by atoms with Gasteiger partial charge in [0.1, 0.15) is 0 Å². The highest BCUT2D eigenvalue weighted by Crippen LogP contribution is 2.15. The van der Waals surface area contributed by atoms with Gasteiger partial charge in [-0.2, -0.15) is 0 Å². The molecule has 0 aromatic heterocycles. The van der Waals surface area contributed by atoms with Gasteiger partial charge in [0.05, 0.1) is 0 Å². The van der Waals surface area contributed by atoms with Gasteiger partial charge in [-0.1, -0.05) is 36.4 Å². The molecule has 2 aliphatic rings. The van der Waals surface area contributed by atoms with Crippen molar-refractivity contribution in [1.29, 1.82) is 0 Å². The van der Waals surface area contributed by atoms with Gasteiger partial charge in [-0.3, -0.25) is 0 Å². The second-order valence-corrected chi connectivity index (χ2v) is 4.86. The van der Waals surface area contributed by atoms with Crippen LogP contribution >= 0.6 is 0 Å². The molecule has 1 saturated heterocycles. The fraction of sp³-hybridized carbons (Fsp3) is 0.375. The predicted molar refractivity (Wildman–Crippen MR) is 74.4 cm³/mol. The number of anilines is 1. The minimum Gasteiger partial charge on any atom is -0.371 e. The lowest BCUT2D eigenvalue weighted by atomic mass is 10.1. The molecule has 3 rings (SSSR count). The molecule has 0 saturated carbocycles. The standard InChI is InChI=1S/C16H19N/c1-3-8-14-9-7-11-16(15(14)10-4-1)17-12-5-2-6-13-17/h1,3,7-11H,2,4-6,12-13H2. The summed E-state index contributed by atoms with van der Waals surface area (Å²) in [4.78, 5) is 2.55. The molecule has 0 atom stereocenters. The third-order valence-corrected chi connectivity index (χ3v) is 3.68. The first kappa shape index (κ1) is 10.6. The molecule has 0 bridgehead atoms. The summed E-state index contributed by atoms with van der Waals surface area (Å²) in [6.07, 6.45) is 14.1. The van der Waals surface area contributed by atoms with Crippen LogP contribution in [0.4, 0.5) is 5.69 Å². The van der Waals surface area contributed by atoms with Crippen molar-refractivity contribution in [2.24, 2.45) is 0 Å². The molecule has 1 heterocycles. The van der Waals surface area contributed by atoms with Crippen molar-refractivity contribution in [3.05, 3.63) is 40.8 Å². The minimum absolute atomic E-state index is 1.05. The maximum absolute atomic E-state index is 2.55. The Morgan fingerprint density at radius 3 is 2.76 bits per heavy atom. The van der Waals surface area contributed by atoms with Crippen LogP contribution in [0.15, 0.2) is 30.4 Å². The molecule has 0 unspecified atom stereocenters. The van der Waals surface area contributed by atoms with Gasteiger partial charge in [-0.05, 0) is 37.0 Å². The smallest absolute Gasteiger partial charge is 0.0442 e. The third-order valence-electron chi connectivity index (χ3n) is 3.68. The van der Waals surface area contributed by atoms with Gasteiger partial charge < -0.3 is 4.90 Å². The van der Waals surface area contributed by atoms with Crippen molar-refractivity contribution in [1.82, 2.24) is 0 Å². The molecule has 88 valence electrons. The van der Waals surface area contributed by atoms with Crippen LogP contribution in [-0.2, 0) is 0 Å². The summed E-state index contributed by atoms with van der Waals surface area (Å²) in [5.41, 5.74) is 1.43. The molecule has 0 radical (unpaired) electrons. The molecule has 17 heavy (non-hydrogen) atoms. The zero-order valence-corrected chi connectivity index (χ0v) is 10.2. The first-order chi connectivity index (χ1) is 8.45. The van der Waals surface area contributed by atoms with Crippen molar-refractivity contribution in [2.45, 2.75) is 25.7 Å². The van der Waals surface area contributed by atoms with E-state index in [4.69, 9.17) is 0 Å². The lowest BCUT2D eigenvalue weighted by Crippen LogP contribution is -2.37. The Balaban J connectivity index is 2.09. The Labute approximate surface area is 103 Å². The number of allylic oxidation sites excluding steroid dienone is 2. The molecular weight excluding hydrogens is 206 g/mol. The quantitative estimate of drug-likeness (QED) is 0.708. The van der Waals surface area contributed by atoms with E-state index < -0.39 is 0 Å². The van der Waals surface area contributed by atoms with E-state index in [0.29, 0.717) is 0 Å². The molecule has 0 N–H and O–H groups in total. The van der Waals surface area contributed by atoms with E-state index in [0.717, 1.165) is 6.42 Å². The first-order valence-corrected chi connectivity index (χ1v) is 6.66. The summed E-state index contributed by atoms with van der Waals surface area (Å²) in [5.74, 6) is 0. The molecule has 1 aliphatic heterocycles. The number of hydrogen-bond acceptors (Lipinski definition) is 1. The van der Waals surface area contributed by atoms with Crippen LogP contribution in [0.1, 0.15) is 25.7 Å². The second kappa shape index (κ2) is 4.79. The Hall–Kier alpha value is -1.50. The summed E-state index contributed by atoms with van der Waals surface area (Å²) < 4.78 is 0. The molecule has 1 heteroatoms. The van der Waals surface area contributed by atoms with Gasteiger partial charge in [0.25, 0.3) is 0 Å². The minimum atomic E-state index is 1.05. The fourth-order valence-corrected chi connectivity index (χ4v) is 2.78. The number of fused-ring (bicyclic) bond motifs is 1. The van der Waals surface area contributed by atoms with E-state index in [1.54, 1.807) is 0 Å². The summed E-state index contributed by atoms with van der Waals surface area (Å²) in [7, 11) is 0. The van der Waals surface area contributed by atoms with Crippen molar-refractivity contribution in [3.63, 3.8) is 0 Å². The third kappa shape index (κ3) is 2.14. The molecule has 0 amide bonds. The molecule has 0 spiro atoms. The van der Waals surface area contributed by atoms with E-state index in [1.165, 1.54) is 48.5 Å². The Bertz CT molecular complexity index is 533. The van der Waals surface area contributed by atoms with Gasteiger partial charge in [-0.25, -0.2) is 0 Å². The van der Waals surface area contributed by atoms with Gasteiger partial charge in [0, 0.05) is 24.0 Å². The highest BCUT2D eigenvalue weighted by atomic mass is 15.1. The number of rotatable bonds is 1. The summed E-state index contributed by atoms with van der Waals surface area (Å²) in [6, 6.07) is 6.68. The van der Waals surface area contributed by atoms with E-state index in [2.05, 4.69) is 47.4 Å². The summed E-state index contributed by atoms with van der Waals surface area (Å²) in [6.45, 7) is 2.44. The molecule has 1 fully saturated rings.